The molecule has 0 bridgehead atoms. The topological polar surface area (TPSA) is 105 Å². The number of morpholine rings is 1. The molecule has 2 amide bonds. The number of nitrogens with zero attached hydrogens (tertiary/aromatic N) is 2. The third-order valence-electron chi connectivity index (χ3n) is 7.57. The summed E-state index contributed by atoms with van der Waals surface area (Å²) in [7, 11) is -3.66. The van der Waals surface area contributed by atoms with Crippen LogP contribution in [0.25, 0.3) is 0 Å². The molecule has 4 aromatic carbocycles. The SMILES string of the molecule is Cc1ccc(CNC(=O)[C@@H](c2ccccc2)N(Cc2ccccc2)C(=O)COc2ccc(S(=O)(=O)N3CCOCC3)cc2)cc1. The van der Waals surface area contributed by atoms with Gasteiger partial charge in [-0.1, -0.05) is 90.5 Å². The van der Waals surface area contributed by atoms with Crippen molar-refractivity contribution in [1.29, 1.82) is 0 Å². The number of amides is 2. The highest BCUT2D eigenvalue weighted by Crippen LogP contribution is 2.25. The Morgan fingerprint density at radius 3 is 2.11 bits per heavy atom. The van der Waals surface area contributed by atoms with Crippen molar-refractivity contribution in [3.05, 3.63) is 131 Å². The highest BCUT2D eigenvalue weighted by molar-refractivity contribution is 7.89. The van der Waals surface area contributed by atoms with Crippen LogP contribution < -0.4 is 10.1 Å². The molecule has 234 valence electrons. The number of carbonyl (C=O) groups is 2. The average molecular weight is 628 g/mol. The second-order valence-electron chi connectivity index (χ2n) is 10.8. The lowest BCUT2D eigenvalue weighted by atomic mass is 10.0. The minimum Gasteiger partial charge on any atom is -0.484 e. The van der Waals surface area contributed by atoms with Crippen LogP contribution in [0.3, 0.4) is 0 Å². The van der Waals surface area contributed by atoms with Gasteiger partial charge in [0, 0.05) is 26.2 Å². The summed E-state index contributed by atoms with van der Waals surface area (Å²) >= 11 is 0. The third-order valence-corrected chi connectivity index (χ3v) is 9.49. The molecule has 0 spiro atoms. The number of hydrogen-bond acceptors (Lipinski definition) is 6. The van der Waals surface area contributed by atoms with Crippen LogP contribution in [0, 0.1) is 6.92 Å². The molecule has 9 nitrogen and oxygen atoms in total. The fraction of sp³-hybridized carbons (Fsp3) is 0.257. The molecule has 1 aliphatic rings. The van der Waals surface area contributed by atoms with Crippen molar-refractivity contribution in [2.24, 2.45) is 0 Å². The van der Waals surface area contributed by atoms with Crippen molar-refractivity contribution < 1.29 is 27.5 Å². The number of benzene rings is 4. The zero-order valence-corrected chi connectivity index (χ0v) is 26.0. The van der Waals surface area contributed by atoms with Crippen LogP contribution in [-0.4, -0.2) is 62.3 Å². The Hall–Kier alpha value is -4.51. The maximum absolute atomic E-state index is 13.9. The van der Waals surface area contributed by atoms with E-state index in [0.717, 1.165) is 16.7 Å². The van der Waals surface area contributed by atoms with Gasteiger partial charge in [-0.15, -0.1) is 0 Å². The monoisotopic (exact) mass is 627 g/mol. The van der Waals surface area contributed by atoms with Crippen molar-refractivity contribution in [3.8, 4) is 5.75 Å². The Balaban J connectivity index is 1.35. The van der Waals surface area contributed by atoms with Crippen molar-refractivity contribution >= 4 is 21.8 Å². The van der Waals surface area contributed by atoms with Gasteiger partial charge in [-0.2, -0.15) is 4.31 Å². The summed E-state index contributed by atoms with van der Waals surface area (Å²) in [6.45, 7) is 3.46. The van der Waals surface area contributed by atoms with E-state index in [2.05, 4.69) is 5.32 Å². The maximum atomic E-state index is 13.9. The lowest BCUT2D eigenvalue weighted by Gasteiger charge is -2.31. The Morgan fingerprint density at radius 1 is 0.844 bits per heavy atom. The molecule has 1 saturated heterocycles. The Labute approximate surface area is 264 Å². The summed E-state index contributed by atoms with van der Waals surface area (Å²) in [4.78, 5) is 29.4. The zero-order valence-electron chi connectivity index (χ0n) is 25.2. The quantitative estimate of drug-likeness (QED) is 0.248. The Bertz CT molecular complexity index is 1660. The summed E-state index contributed by atoms with van der Waals surface area (Å²) in [6, 6.07) is 31.7. The molecule has 0 aromatic heterocycles. The van der Waals surface area contributed by atoms with Gasteiger partial charge in [-0.3, -0.25) is 9.59 Å². The van der Waals surface area contributed by atoms with E-state index in [-0.39, 0.29) is 24.0 Å². The normalized spacial score (nSPS) is 14.3. The van der Waals surface area contributed by atoms with E-state index in [1.165, 1.54) is 33.5 Å². The van der Waals surface area contributed by atoms with Crippen LogP contribution in [0.15, 0.2) is 114 Å². The van der Waals surface area contributed by atoms with E-state index in [1.807, 2.05) is 91.9 Å². The molecule has 1 aliphatic heterocycles. The molecule has 0 unspecified atom stereocenters. The Morgan fingerprint density at radius 2 is 1.47 bits per heavy atom. The molecule has 0 saturated carbocycles. The molecule has 10 heteroatoms. The molecule has 4 aromatic rings. The van der Waals surface area contributed by atoms with Gasteiger partial charge in [0.2, 0.25) is 15.9 Å². The molecule has 1 fully saturated rings. The third kappa shape index (κ3) is 8.36. The van der Waals surface area contributed by atoms with Gasteiger partial charge in [0.25, 0.3) is 5.91 Å². The summed E-state index contributed by atoms with van der Waals surface area (Å²) in [5, 5.41) is 3.02. The van der Waals surface area contributed by atoms with Crippen LogP contribution in [-0.2, 0) is 37.4 Å². The zero-order chi connectivity index (χ0) is 31.6. The minimum atomic E-state index is -3.66. The average Bonchev–Trinajstić information content (AvgIpc) is 3.08. The molecular weight excluding hydrogens is 590 g/mol. The van der Waals surface area contributed by atoms with Gasteiger partial charge in [-0.25, -0.2) is 8.42 Å². The molecule has 45 heavy (non-hydrogen) atoms. The van der Waals surface area contributed by atoms with Crippen molar-refractivity contribution in [3.63, 3.8) is 0 Å². The molecule has 5 rings (SSSR count). The Kier molecular flexibility index (Phi) is 10.6. The summed E-state index contributed by atoms with van der Waals surface area (Å²) < 4.78 is 38.5. The first-order valence-electron chi connectivity index (χ1n) is 14.8. The number of carbonyl (C=O) groups excluding carboxylic acids is 2. The molecule has 1 heterocycles. The van der Waals surface area contributed by atoms with Crippen LogP contribution in [0.4, 0.5) is 0 Å². The van der Waals surface area contributed by atoms with Crippen molar-refractivity contribution in [1.82, 2.24) is 14.5 Å². The van der Waals surface area contributed by atoms with Gasteiger partial charge in [-0.05, 0) is 47.9 Å². The number of ether oxygens (including phenoxy) is 2. The van der Waals surface area contributed by atoms with Crippen LogP contribution in [0.2, 0.25) is 0 Å². The van der Waals surface area contributed by atoms with Gasteiger partial charge in [0.15, 0.2) is 6.61 Å². The van der Waals surface area contributed by atoms with Crippen LogP contribution in [0.1, 0.15) is 28.3 Å². The molecule has 1 atom stereocenters. The van der Waals surface area contributed by atoms with E-state index < -0.39 is 22.0 Å². The summed E-state index contributed by atoms with van der Waals surface area (Å²) in [6.07, 6.45) is 0. The fourth-order valence-electron chi connectivity index (χ4n) is 5.08. The smallest absolute Gasteiger partial charge is 0.261 e. The first kappa shape index (κ1) is 31.9. The van der Waals surface area contributed by atoms with Crippen molar-refractivity contribution in [2.45, 2.75) is 31.0 Å². The minimum absolute atomic E-state index is 0.142. The van der Waals surface area contributed by atoms with Crippen molar-refractivity contribution in [2.75, 3.05) is 32.9 Å². The lowest BCUT2D eigenvalue weighted by molar-refractivity contribution is -0.143. The number of hydrogen-bond donors (Lipinski definition) is 1. The van der Waals surface area contributed by atoms with Gasteiger partial charge in [0.1, 0.15) is 11.8 Å². The van der Waals surface area contributed by atoms with Crippen LogP contribution in [0.5, 0.6) is 5.75 Å². The molecule has 0 radical (unpaired) electrons. The lowest BCUT2D eigenvalue weighted by Crippen LogP contribution is -2.45. The first-order chi connectivity index (χ1) is 21.8. The number of sulfonamides is 1. The van der Waals surface area contributed by atoms with Gasteiger partial charge in [0.05, 0.1) is 18.1 Å². The van der Waals surface area contributed by atoms with E-state index in [1.54, 1.807) is 0 Å². The first-order valence-corrected chi connectivity index (χ1v) is 16.3. The van der Waals surface area contributed by atoms with Gasteiger partial charge >= 0.3 is 0 Å². The molecule has 1 N–H and O–H groups in total. The predicted molar refractivity (Wildman–Crippen MR) is 171 cm³/mol. The standard InChI is InChI=1S/C35H37N3O6S/c1-27-12-14-28(15-13-27)24-36-35(40)34(30-10-6-3-7-11-30)38(25-29-8-4-2-5-9-29)33(39)26-44-31-16-18-32(19-17-31)45(41,42)37-20-22-43-23-21-37/h2-19,34H,20-26H2,1H3,(H,36,40)/t34-/m1/s1. The highest BCUT2D eigenvalue weighted by Gasteiger charge is 2.32. The predicted octanol–water partition coefficient (Wildman–Crippen LogP) is 4.48. The van der Waals surface area contributed by atoms with E-state index >= 15 is 0 Å². The van der Waals surface area contributed by atoms with E-state index in [9.17, 15) is 18.0 Å². The largest absolute Gasteiger partial charge is 0.484 e. The number of rotatable bonds is 12. The summed E-state index contributed by atoms with van der Waals surface area (Å²) in [5.74, 6) is -0.379. The molecule has 0 aliphatic carbocycles. The fourth-order valence-corrected chi connectivity index (χ4v) is 6.48. The maximum Gasteiger partial charge on any atom is 0.261 e. The summed E-state index contributed by atoms with van der Waals surface area (Å²) in [5.41, 5.74) is 3.60. The number of aryl methyl sites for hydroxylation is 1. The molecular formula is C35H37N3O6S. The second kappa shape index (κ2) is 15.0. The number of nitrogens with one attached hydrogen (secondary N) is 1. The van der Waals surface area contributed by atoms with Gasteiger partial charge < -0.3 is 19.7 Å². The van der Waals surface area contributed by atoms with Crippen LogP contribution >= 0.6 is 0 Å². The second-order valence-corrected chi connectivity index (χ2v) is 12.7. The highest BCUT2D eigenvalue weighted by atomic mass is 32.2. The van der Waals surface area contributed by atoms with E-state index in [4.69, 9.17) is 9.47 Å². The van der Waals surface area contributed by atoms with E-state index in [0.29, 0.717) is 44.2 Å².